The zero-order chi connectivity index (χ0) is 27.1. The fraction of sp³-hybridized carbons (Fsp3) is 0.296. The Bertz CT molecular complexity index is 1180. The van der Waals surface area contributed by atoms with E-state index in [4.69, 9.17) is 25.0 Å². The lowest BCUT2D eigenvalue weighted by molar-refractivity contribution is 0.141. The molecule has 0 bridgehead atoms. The van der Waals surface area contributed by atoms with Crippen LogP contribution in [0.4, 0.5) is 10.5 Å². The minimum atomic E-state index is -4.05. The van der Waals surface area contributed by atoms with E-state index in [1.165, 1.54) is 0 Å². The van der Waals surface area contributed by atoms with E-state index in [1.54, 1.807) is 72.8 Å². The van der Waals surface area contributed by atoms with Gasteiger partial charge in [0.2, 0.25) is 0 Å². The van der Waals surface area contributed by atoms with Gasteiger partial charge in [0.05, 0.1) is 6.61 Å². The number of para-hydroxylation sites is 2. The van der Waals surface area contributed by atoms with Gasteiger partial charge in [-0.25, -0.2) is 9.36 Å². The molecule has 1 amide bonds. The average molecular weight is 538 g/mol. The molecule has 0 aliphatic rings. The number of benzene rings is 3. The molecule has 3 N–H and O–H groups in total. The molecule has 0 heterocycles. The number of nitrogen functional groups attached to an aromatic ring is 1. The third-order valence-corrected chi connectivity index (χ3v) is 7.48. The van der Waals surface area contributed by atoms with Crippen molar-refractivity contribution in [3.63, 3.8) is 0 Å². The minimum absolute atomic E-state index is 0.145. The summed E-state index contributed by atoms with van der Waals surface area (Å²) in [6.45, 7) is 0.633. The second kappa shape index (κ2) is 15.2. The van der Waals surface area contributed by atoms with E-state index in [0.717, 1.165) is 24.8 Å². The van der Waals surface area contributed by atoms with Gasteiger partial charge in [-0.15, -0.1) is 0 Å². The highest BCUT2D eigenvalue weighted by molar-refractivity contribution is 7.55. The second-order valence-electron chi connectivity index (χ2n) is 8.46. The SMILES string of the molecule is [N-]=[N+]=NCCCCCCOC(=O)NC(Cc1ccc(N)cc1)P(=O)(Oc1ccccc1)Oc1ccccc1. The van der Waals surface area contributed by atoms with E-state index >= 15 is 0 Å². The number of carbonyl (C=O) groups excluding carboxylic acids is 1. The summed E-state index contributed by atoms with van der Waals surface area (Å²) < 4.78 is 31.7. The summed E-state index contributed by atoms with van der Waals surface area (Å²) in [6, 6.07) is 24.4. The predicted octanol–water partition coefficient (Wildman–Crippen LogP) is 7.09. The highest BCUT2D eigenvalue weighted by atomic mass is 31.2. The minimum Gasteiger partial charge on any atom is -0.450 e. The van der Waals surface area contributed by atoms with Crippen molar-refractivity contribution in [1.82, 2.24) is 5.32 Å². The molecule has 3 aromatic carbocycles. The first-order valence-electron chi connectivity index (χ1n) is 12.4. The molecular formula is C27H32N5O5P. The Morgan fingerprint density at radius 3 is 2.05 bits per heavy atom. The van der Waals surface area contributed by atoms with Crippen molar-refractivity contribution in [3.05, 3.63) is 101 Å². The smallest absolute Gasteiger partial charge is 0.450 e. The van der Waals surface area contributed by atoms with E-state index < -0.39 is 19.5 Å². The molecule has 0 spiro atoms. The molecule has 38 heavy (non-hydrogen) atoms. The Labute approximate surface area is 222 Å². The molecule has 10 nitrogen and oxygen atoms in total. The van der Waals surface area contributed by atoms with E-state index in [1.807, 2.05) is 12.1 Å². The van der Waals surface area contributed by atoms with Gasteiger partial charge >= 0.3 is 13.7 Å². The third kappa shape index (κ3) is 9.73. The first-order chi connectivity index (χ1) is 18.5. The van der Waals surface area contributed by atoms with Crippen LogP contribution < -0.4 is 20.1 Å². The fourth-order valence-electron chi connectivity index (χ4n) is 3.55. The largest absolute Gasteiger partial charge is 0.453 e. The summed E-state index contributed by atoms with van der Waals surface area (Å²) in [4.78, 5) is 15.5. The first kappa shape index (κ1) is 28.4. The number of hydrogen-bond acceptors (Lipinski definition) is 7. The molecule has 0 saturated carbocycles. The number of nitrogens with one attached hydrogen (secondary N) is 1. The van der Waals surface area contributed by atoms with Crippen molar-refractivity contribution in [2.24, 2.45) is 5.11 Å². The van der Waals surface area contributed by atoms with Gasteiger partial charge in [0, 0.05) is 23.6 Å². The molecule has 1 unspecified atom stereocenters. The van der Waals surface area contributed by atoms with Gasteiger partial charge in [0.1, 0.15) is 11.5 Å². The second-order valence-corrected chi connectivity index (χ2v) is 10.5. The number of anilines is 1. The molecule has 11 heteroatoms. The highest BCUT2D eigenvalue weighted by Gasteiger charge is 2.41. The number of carbonyl (C=O) groups is 1. The number of rotatable bonds is 15. The van der Waals surface area contributed by atoms with Gasteiger partial charge in [-0.1, -0.05) is 66.5 Å². The summed E-state index contributed by atoms with van der Waals surface area (Å²) >= 11 is 0. The third-order valence-electron chi connectivity index (χ3n) is 5.48. The fourth-order valence-corrected chi connectivity index (χ4v) is 5.37. The topological polar surface area (TPSA) is 149 Å². The summed E-state index contributed by atoms with van der Waals surface area (Å²) in [5, 5.41) is 6.22. The van der Waals surface area contributed by atoms with Crippen LogP contribution in [0.25, 0.3) is 10.4 Å². The number of alkyl carbamates (subject to hydrolysis) is 1. The Morgan fingerprint density at radius 2 is 1.47 bits per heavy atom. The molecule has 200 valence electrons. The van der Waals surface area contributed by atoms with Crippen LogP contribution in [-0.4, -0.2) is 25.0 Å². The molecule has 0 radical (unpaired) electrons. The Hall–Kier alpha value is -4.13. The molecule has 0 saturated heterocycles. The number of amides is 1. The Kier molecular flexibility index (Phi) is 11.4. The lowest BCUT2D eigenvalue weighted by Gasteiger charge is -2.28. The normalized spacial score (nSPS) is 11.6. The quantitative estimate of drug-likeness (QED) is 0.0528. The van der Waals surface area contributed by atoms with E-state index in [2.05, 4.69) is 15.3 Å². The van der Waals surface area contributed by atoms with Crippen LogP contribution in [0.5, 0.6) is 11.5 Å². The van der Waals surface area contributed by atoms with Crippen LogP contribution in [-0.2, 0) is 15.7 Å². The van der Waals surface area contributed by atoms with Crippen molar-refractivity contribution in [2.75, 3.05) is 18.9 Å². The maximum atomic E-state index is 14.4. The summed E-state index contributed by atoms with van der Waals surface area (Å²) in [6.07, 6.45) is 2.51. The zero-order valence-corrected chi connectivity index (χ0v) is 21.9. The van der Waals surface area contributed by atoms with E-state index in [-0.39, 0.29) is 13.0 Å². The number of nitrogens with two attached hydrogens (primary N) is 1. The van der Waals surface area contributed by atoms with Crippen LogP contribution in [0.15, 0.2) is 90.0 Å². The van der Waals surface area contributed by atoms with Crippen molar-refractivity contribution in [1.29, 1.82) is 0 Å². The lowest BCUT2D eigenvalue weighted by atomic mass is 10.1. The van der Waals surface area contributed by atoms with E-state index in [0.29, 0.717) is 30.2 Å². The molecule has 3 rings (SSSR count). The van der Waals surface area contributed by atoms with Gasteiger partial charge in [-0.3, -0.25) is 0 Å². The van der Waals surface area contributed by atoms with Gasteiger partial charge in [0.25, 0.3) is 0 Å². The maximum absolute atomic E-state index is 14.4. The van der Waals surface area contributed by atoms with Crippen molar-refractivity contribution in [2.45, 2.75) is 37.9 Å². The lowest BCUT2D eigenvalue weighted by Crippen LogP contribution is -2.39. The van der Waals surface area contributed by atoms with Crippen molar-refractivity contribution in [3.8, 4) is 11.5 Å². The van der Waals surface area contributed by atoms with Crippen LogP contribution in [0.3, 0.4) is 0 Å². The van der Waals surface area contributed by atoms with Gasteiger partial charge < -0.3 is 24.8 Å². The summed E-state index contributed by atoms with van der Waals surface area (Å²) in [5.74, 6) is -0.391. The van der Waals surface area contributed by atoms with Crippen LogP contribution in [0, 0.1) is 0 Å². The maximum Gasteiger partial charge on any atom is 0.453 e. The molecule has 1 atom stereocenters. The Morgan fingerprint density at radius 1 is 0.895 bits per heavy atom. The number of azide groups is 1. The summed E-state index contributed by atoms with van der Waals surface area (Å²) in [7, 11) is -4.05. The van der Waals surface area contributed by atoms with Gasteiger partial charge in [0.15, 0.2) is 5.78 Å². The number of unbranched alkanes of at least 4 members (excludes halogenated alkanes) is 3. The first-order valence-corrected chi connectivity index (χ1v) is 14.0. The molecule has 0 aliphatic carbocycles. The monoisotopic (exact) mass is 537 g/mol. The molecule has 0 fully saturated rings. The van der Waals surface area contributed by atoms with Crippen LogP contribution in [0.1, 0.15) is 31.2 Å². The number of hydrogen-bond donors (Lipinski definition) is 2. The van der Waals surface area contributed by atoms with Crippen LogP contribution in [0.2, 0.25) is 0 Å². The summed E-state index contributed by atoms with van der Waals surface area (Å²) in [5.41, 5.74) is 15.5. The highest BCUT2D eigenvalue weighted by Crippen LogP contribution is 2.53. The molecular weight excluding hydrogens is 505 g/mol. The average Bonchev–Trinajstić information content (AvgIpc) is 2.92. The standard InChI is InChI=1S/C27H32N5O5P/c28-23-17-15-22(16-18-23)21-26(31-27(33)35-20-10-2-1-9-19-30-32-29)38(34,36-24-11-5-3-6-12-24)37-25-13-7-4-8-14-25/h3-8,11-18,26H,1-2,9-10,19-21,28H2,(H,31,33). The molecule has 3 aromatic rings. The van der Waals surface area contributed by atoms with Crippen molar-refractivity contribution >= 4 is 19.4 Å². The van der Waals surface area contributed by atoms with Crippen LogP contribution >= 0.6 is 7.60 Å². The van der Waals surface area contributed by atoms with E-state index in [9.17, 15) is 9.36 Å². The number of nitrogens with zero attached hydrogens (tertiary/aromatic N) is 3. The van der Waals surface area contributed by atoms with Gasteiger partial charge in [-0.2, -0.15) is 0 Å². The predicted molar refractivity (Wildman–Crippen MR) is 147 cm³/mol. The Balaban J connectivity index is 1.76. The van der Waals surface area contributed by atoms with Gasteiger partial charge in [-0.05, 0) is 60.3 Å². The molecule has 0 aromatic heterocycles. The van der Waals surface area contributed by atoms with Crippen molar-refractivity contribution < 1.29 is 23.1 Å². The zero-order valence-electron chi connectivity index (χ0n) is 21.0. The number of ether oxygens (including phenoxy) is 1. The molecule has 0 aliphatic heterocycles.